The van der Waals surface area contributed by atoms with Gasteiger partial charge < -0.3 is 4.90 Å². The first-order chi connectivity index (χ1) is 15.2. The largest absolute Gasteiger partial charge is 0.347 e. The normalized spacial score (nSPS) is 16.4. The second kappa shape index (κ2) is 8.92. The van der Waals surface area contributed by atoms with Crippen LogP contribution in [-0.2, 0) is 23.1 Å². The molecule has 0 bridgehead atoms. The smallest absolute Gasteiger partial charge is 0.151 e. The molecule has 0 aromatic carbocycles. The number of aromatic nitrogens is 4. The fourth-order valence-electron chi connectivity index (χ4n) is 3.67. The summed E-state index contributed by atoms with van der Waals surface area (Å²) in [6.07, 6.45) is 6.05. The van der Waals surface area contributed by atoms with Crippen molar-refractivity contribution in [2.24, 2.45) is 0 Å². The van der Waals surface area contributed by atoms with Crippen molar-refractivity contribution in [2.45, 2.75) is 56.9 Å². The summed E-state index contributed by atoms with van der Waals surface area (Å²) >= 11 is 1.49. The Kier molecular flexibility index (Phi) is 6.37. The van der Waals surface area contributed by atoms with Gasteiger partial charge in [-0.25, -0.2) is 18.3 Å². The third-order valence-electron chi connectivity index (χ3n) is 5.72. The van der Waals surface area contributed by atoms with Crippen LogP contribution in [0.4, 0.5) is 10.2 Å². The van der Waals surface area contributed by atoms with E-state index >= 15 is 0 Å². The zero-order valence-electron chi connectivity index (χ0n) is 18.6. The minimum absolute atomic E-state index is 0.292. The molecule has 10 heteroatoms. The van der Waals surface area contributed by atoms with Crippen LogP contribution in [0.3, 0.4) is 0 Å². The summed E-state index contributed by atoms with van der Waals surface area (Å²) in [6, 6.07) is 6.83. The predicted octanol–water partition coefficient (Wildman–Crippen LogP) is 4.20. The van der Waals surface area contributed by atoms with E-state index in [0.717, 1.165) is 29.1 Å². The molecule has 0 spiro atoms. The molecule has 1 aliphatic rings. The second-order valence-electron chi connectivity index (χ2n) is 8.89. The van der Waals surface area contributed by atoms with Crippen LogP contribution in [0.1, 0.15) is 50.6 Å². The maximum Gasteiger partial charge on any atom is 0.151 e. The standard InChI is InChI=1S/C22H27FN6OS2/c1-21(2,3)32(30)26-14-15-13-25-20(31-15)17-8-9-18(28-27-17)29(4)22(10-6-11-22)19-16(23)7-5-12-24-19/h5,7-9,12-13,26H,6,10-11,14H2,1-4H3. The summed E-state index contributed by atoms with van der Waals surface area (Å²) in [5.74, 6) is 0.373. The Morgan fingerprint density at radius 1 is 1.22 bits per heavy atom. The van der Waals surface area contributed by atoms with Crippen LogP contribution < -0.4 is 9.62 Å². The molecule has 4 rings (SSSR count). The van der Waals surface area contributed by atoms with Gasteiger partial charge in [-0.2, -0.15) is 0 Å². The molecule has 1 unspecified atom stereocenters. The topological polar surface area (TPSA) is 83.9 Å². The molecular formula is C22H27FN6OS2. The van der Waals surface area contributed by atoms with Crippen molar-refractivity contribution < 1.29 is 8.60 Å². The number of nitrogens with zero attached hydrogens (tertiary/aromatic N) is 5. The monoisotopic (exact) mass is 474 g/mol. The molecule has 1 N–H and O–H groups in total. The molecule has 7 nitrogen and oxygen atoms in total. The Morgan fingerprint density at radius 3 is 2.59 bits per heavy atom. The van der Waals surface area contributed by atoms with Gasteiger partial charge in [0.25, 0.3) is 0 Å². The number of nitrogens with one attached hydrogen (secondary N) is 1. The van der Waals surface area contributed by atoms with Crippen LogP contribution in [0.5, 0.6) is 0 Å². The molecule has 0 radical (unpaired) electrons. The van der Waals surface area contributed by atoms with Gasteiger partial charge >= 0.3 is 0 Å². The molecule has 1 atom stereocenters. The van der Waals surface area contributed by atoms with Crippen LogP contribution in [0.25, 0.3) is 10.7 Å². The fraction of sp³-hybridized carbons (Fsp3) is 0.455. The molecule has 170 valence electrons. The van der Waals surface area contributed by atoms with E-state index in [1.807, 2.05) is 44.9 Å². The highest BCUT2D eigenvalue weighted by molar-refractivity contribution is 7.84. The van der Waals surface area contributed by atoms with Crippen molar-refractivity contribution in [1.29, 1.82) is 0 Å². The average molecular weight is 475 g/mol. The molecule has 0 saturated heterocycles. The van der Waals surface area contributed by atoms with Gasteiger partial charge in [0.05, 0.1) is 21.3 Å². The van der Waals surface area contributed by atoms with Gasteiger partial charge in [-0.15, -0.1) is 21.5 Å². The highest BCUT2D eigenvalue weighted by Gasteiger charge is 2.46. The average Bonchev–Trinajstić information content (AvgIpc) is 3.21. The van der Waals surface area contributed by atoms with Crippen LogP contribution in [0.15, 0.2) is 36.7 Å². The molecule has 1 aliphatic carbocycles. The molecule has 0 amide bonds. The van der Waals surface area contributed by atoms with Gasteiger partial charge in [-0.1, -0.05) is 0 Å². The third kappa shape index (κ3) is 4.44. The van der Waals surface area contributed by atoms with Crippen LogP contribution in [0.2, 0.25) is 0 Å². The fourth-order valence-corrected chi connectivity index (χ4v) is 5.30. The Bertz CT molecular complexity index is 1110. The van der Waals surface area contributed by atoms with Crippen LogP contribution >= 0.6 is 11.3 Å². The molecule has 3 heterocycles. The number of rotatable bonds is 7. The quantitative estimate of drug-likeness (QED) is 0.553. The lowest BCUT2D eigenvalue weighted by molar-refractivity contribution is 0.224. The molecular weight excluding hydrogens is 447 g/mol. The maximum absolute atomic E-state index is 14.5. The number of hydrogen-bond donors (Lipinski definition) is 1. The minimum Gasteiger partial charge on any atom is -0.347 e. The van der Waals surface area contributed by atoms with Crippen molar-refractivity contribution in [3.8, 4) is 10.7 Å². The Hall–Kier alpha value is -2.30. The minimum atomic E-state index is -1.14. The Labute approximate surface area is 194 Å². The first-order valence-electron chi connectivity index (χ1n) is 10.5. The van der Waals surface area contributed by atoms with Gasteiger partial charge in [0.1, 0.15) is 22.2 Å². The van der Waals surface area contributed by atoms with Gasteiger partial charge in [0, 0.05) is 30.9 Å². The summed E-state index contributed by atoms with van der Waals surface area (Å²) in [6.45, 7) is 6.27. The van der Waals surface area contributed by atoms with Crippen molar-refractivity contribution in [3.63, 3.8) is 0 Å². The first-order valence-corrected chi connectivity index (χ1v) is 12.5. The van der Waals surface area contributed by atoms with E-state index in [1.54, 1.807) is 18.5 Å². The summed E-state index contributed by atoms with van der Waals surface area (Å²) in [5.41, 5.74) is 0.635. The van der Waals surface area contributed by atoms with Gasteiger partial charge in [0.15, 0.2) is 5.82 Å². The van der Waals surface area contributed by atoms with Crippen molar-refractivity contribution in [3.05, 3.63) is 53.0 Å². The zero-order chi connectivity index (χ0) is 22.9. The molecule has 3 aromatic heterocycles. The Morgan fingerprint density at radius 2 is 2.00 bits per heavy atom. The lowest BCUT2D eigenvalue weighted by atomic mass is 9.72. The third-order valence-corrected chi connectivity index (χ3v) is 8.26. The Balaban J connectivity index is 1.48. The van der Waals surface area contributed by atoms with E-state index in [0.29, 0.717) is 23.8 Å². The zero-order valence-corrected chi connectivity index (χ0v) is 20.3. The van der Waals surface area contributed by atoms with Gasteiger partial charge in [-0.3, -0.25) is 4.98 Å². The lowest BCUT2D eigenvalue weighted by Gasteiger charge is -2.48. The van der Waals surface area contributed by atoms with E-state index in [2.05, 4.69) is 24.9 Å². The number of pyridine rings is 1. The highest BCUT2D eigenvalue weighted by Crippen LogP contribution is 2.47. The molecule has 3 aromatic rings. The highest BCUT2D eigenvalue weighted by atomic mass is 32.2. The van der Waals surface area contributed by atoms with Crippen molar-refractivity contribution >= 4 is 28.1 Å². The maximum atomic E-state index is 14.5. The molecule has 1 fully saturated rings. The molecule has 0 aliphatic heterocycles. The second-order valence-corrected chi connectivity index (χ2v) is 12.1. The van der Waals surface area contributed by atoms with Crippen molar-refractivity contribution in [2.75, 3.05) is 11.9 Å². The van der Waals surface area contributed by atoms with Gasteiger partial charge in [0.2, 0.25) is 0 Å². The van der Waals surface area contributed by atoms with E-state index in [1.165, 1.54) is 17.4 Å². The molecule has 32 heavy (non-hydrogen) atoms. The van der Waals surface area contributed by atoms with E-state index in [4.69, 9.17) is 0 Å². The lowest BCUT2D eigenvalue weighted by Crippen LogP contribution is -2.51. The van der Waals surface area contributed by atoms with Crippen molar-refractivity contribution in [1.82, 2.24) is 24.9 Å². The van der Waals surface area contributed by atoms with Crippen LogP contribution in [0, 0.1) is 5.82 Å². The number of thiazole rings is 1. The summed E-state index contributed by atoms with van der Waals surface area (Å²) in [4.78, 5) is 11.7. The number of anilines is 1. The van der Waals surface area contributed by atoms with Gasteiger partial charge in [-0.05, 0) is 64.3 Å². The van der Waals surface area contributed by atoms with Crippen LogP contribution in [-0.4, -0.2) is 36.2 Å². The summed E-state index contributed by atoms with van der Waals surface area (Å²) < 4.78 is 29.4. The summed E-state index contributed by atoms with van der Waals surface area (Å²) in [5, 5.41) is 9.52. The molecule has 1 saturated carbocycles. The summed E-state index contributed by atoms with van der Waals surface area (Å²) in [7, 11) is 0.777. The SMILES string of the molecule is CN(c1ccc(-c2ncc(CNS(=O)C(C)(C)C)s2)nn1)C1(c2ncccc2F)CCC1. The van der Waals surface area contributed by atoms with E-state index in [-0.39, 0.29) is 10.6 Å². The number of halogens is 1. The van der Waals surface area contributed by atoms with E-state index in [9.17, 15) is 8.60 Å². The first kappa shape index (κ1) is 22.9. The van der Waals surface area contributed by atoms with E-state index < -0.39 is 16.5 Å². The predicted molar refractivity (Wildman–Crippen MR) is 126 cm³/mol. The number of hydrogen-bond acceptors (Lipinski definition) is 7.